The second-order valence-corrected chi connectivity index (χ2v) is 7.98. The zero-order valence-electron chi connectivity index (χ0n) is 15.5. The van der Waals surface area contributed by atoms with Crippen LogP contribution < -0.4 is 0 Å². The van der Waals surface area contributed by atoms with Crippen LogP contribution in [0.5, 0.6) is 0 Å². The molecular formula is C16H28N2O6. The van der Waals surface area contributed by atoms with Crippen LogP contribution in [-0.4, -0.2) is 57.1 Å². The summed E-state index contributed by atoms with van der Waals surface area (Å²) in [6.45, 7) is 12.0. The second-order valence-electron chi connectivity index (χ2n) is 7.98. The van der Waals surface area contributed by atoms with Gasteiger partial charge in [-0.15, -0.1) is 0 Å². The summed E-state index contributed by atoms with van der Waals surface area (Å²) < 4.78 is 10.6. The van der Waals surface area contributed by atoms with Crippen LogP contribution in [0.1, 0.15) is 54.9 Å². The van der Waals surface area contributed by atoms with Gasteiger partial charge in [-0.2, -0.15) is 5.01 Å². The average Bonchev–Trinajstić information content (AvgIpc) is 2.33. The molecule has 0 aromatic rings. The standard InChI is InChI=1S/C16H28N2O6/c1-10-8-9-17(13(21)23-15(2,3)4)18(11(10)12(19)20)14(22)24-16(5,6)7/h10-11H,8-9H2,1-7H3,(H,19,20). The van der Waals surface area contributed by atoms with E-state index in [9.17, 15) is 19.5 Å². The van der Waals surface area contributed by atoms with Crippen molar-refractivity contribution in [3.63, 3.8) is 0 Å². The summed E-state index contributed by atoms with van der Waals surface area (Å²) in [6, 6.07) is -1.19. The molecule has 1 saturated heterocycles. The maximum atomic E-state index is 12.5. The molecule has 2 amide bonds. The largest absolute Gasteiger partial charge is 0.480 e. The number of hydrazine groups is 1. The summed E-state index contributed by atoms with van der Waals surface area (Å²) in [7, 11) is 0. The second kappa shape index (κ2) is 6.86. The number of nitrogens with zero attached hydrogens (tertiary/aromatic N) is 2. The van der Waals surface area contributed by atoms with Gasteiger partial charge in [0.2, 0.25) is 0 Å². The molecular weight excluding hydrogens is 316 g/mol. The van der Waals surface area contributed by atoms with E-state index in [1.54, 1.807) is 48.5 Å². The van der Waals surface area contributed by atoms with Gasteiger partial charge in [0.05, 0.1) is 0 Å². The molecule has 1 aliphatic rings. The molecule has 0 saturated carbocycles. The number of hydrogen-bond donors (Lipinski definition) is 1. The first-order chi connectivity index (χ1) is 10.7. The summed E-state index contributed by atoms with van der Waals surface area (Å²) in [6.07, 6.45) is -1.21. The van der Waals surface area contributed by atoms with Crippen molar-refractivity contribution in [2.45, 2.75) is 72.1 Å². The summed E-state index contributed by atoms with van der Waals surface area (Å²) in [5.74, 6) is -1.52. The first kappa shape index (κ1) is 20.1. The van der Waals surface area contributed by atoms with E-state index in [0.717, 1.165) is 10.0 Å². The summed E-state index contributed by atoms with van der Waals surface area (Å²) in [5, 5.41) is 11.4. The Morgan fingerprint density at radius 3 is 1.83 bits per heavy atom. The molecule has 1 N–H and O–H groups in total. The number of carbonyl (C=O) groups excluding carboxylic acids is 2. The van der Waals surface area contributed by atoms with E-state index in [1.807, 2.05) is 0 Å². The van der Waals surface area contributed by atoms with E-state index in [-0.39, 0.29) is 12.5 Å². The lowest BCUT2D eigenvalue weighted by molar-refractivity contribution is -0.160. The van der Waals surface area contributed by atoms with E-state index in [4.69, 9.17) is 9.47 Å². The van der Waals surface area contributed by atoms with E-state index in [0.29, 0.717) is 6.42 Å². The molecule has 0 aromatic heterocycles. The van der Waals surface area contributed by atoms with Gasteiger partial charge in [-0.25, -0.2) is 19.4 Å². The summed E-state index contributed by atoms with van der Waals surface area (Å²) in [4.78, 5) is 36.6. The first-order valence-electron chi connectivity index (χ1n) is 7.98. The Labute approximate surface area is 142 Å². The molecule has 0 aromatic carbocycles. The number of carboxylic acids is 1. The molecule has 0 spiro atoms. The Morgan fingerprint density at radius 1 is 0.958 bits per heavy atom. The Morgan fingerprint density at radius 2 is 1.42 bits per heavy atom. The molecule has 8 nitrogen and oxygen atoms in total. The molecule has 0 bridgehead atoms. The predicted molar refractivity (Wildman–Crippen MR) is 86.2 cm³/mol. The van der Waals surface area contributed by atoms with Gasteiger partial charge in [-0.3, -0.25) is 0 Å². The van der Waals surface area contributed by atoms with Crippen LogP contribution in [0, 0.1) is 5.92 Å². The SMILES string of the molecule is CC1CCN(C(=O)OC(C)(C)C)N(C(=O)OC(C)(C)C)C1C(=O)O. The smallest absolute Gasteiger partial charge is 0.430 e. The van der Waals surface area contributed by atoms with Gasteiger partial charge in [0.25, 0.3) is 0 Å². The first-order valence-corrected chi connectivity index (χ1v) is 7.98. The molecule has 8 heteroatoms. The van der Waals surface area contributed by atoms with Gasteiger partial charge in [0, 0.05) is 6.54 Å². The van der Waals surface area contributed by atoms with E-state index in [2.05, 4.69) is 0 Å². The average molecular weight is 344 g/mol. The van der Waals surface area contributed by atoms with E-state index < -0.39 is 35.4 Å². The van der Waals surface area contributed by atoms with Crippen LogP contribution in [0.2, 0.25) is 0 Å². The predicted octanol–water partition coefficient (Wildman–Crippen LogP) is 2.87. The zero-order chi connectivity index (χ0) is 18.9. The van der Waals surface area contributed by atoms with Crippen molar-refractivity contribution in [3.05, 3.63) is 0 Å². The zero-order valence-corrected chi connectivity index (χ0v) is 15.5. The topological polar surface area (TPSA) is 96.4 Å². The van der Waals surface area contributed by atoms with Crippen molar-refractivity contribution in [1.82, 2.24) is 10.0 Å². The van der Waals surface area contributed by atoms with E-state index >= 15 is 0 Å². The number of hydrogen-bond acceptors (Lipinski definition) is 5. The lowest BCUT2D eigenvalue weighted by atomic mass is 9.95. The van der Waals surface area contributed by atoms with Gasteiger partial charge in [0.15, 0.2) is 6.04 Å². The van der Waals surface area contributed by atoms with Gasteiger partial charge in [0.1, 0.15) is 11.2 Å². The Bertz CT molecular complexity index is 506. The minimum atomic E-state index is -1.19. The van der Waals surface area contributed by atoms with Crippen molar-refractivity contribution < 1.29 is 29.0 Å². The highest BCUT2D eigenvalue weighted by Gasteiger charge is 2.46. The third-order valence-corrected chi connectivity index (χ3v) is 3.30. The van der Waals surface area contributed by atoms with Crippen molar-refractivity contribution in [2.24, 2.45) is 5.92 Å². The molecule has 0 aliphatic carbocycles. The Balaban J connectivity index is 3.17. The van der Waals surface area contributed by atoms with Gasteiger partial charge >= 0.3 is 18.2 Å². The monoisotopic (exact) mass is 344 g/mol. The summed E-state index contributed by atoms with van der Waals surface area (Å²) >= 11 is 0. The molecule has 138 valence electrons. The van der Waals surface area contributed by atoms with Crippen LogP contribution in [-0.2, 0) is 14.3 Å². The molecule has 1 fully saturated rings. The third kappa shape index (κ3) is 5.28. The fourth-order valence-corrected chi connectivity index (χ4v) is 2.35. The van der Waals surface area contributed by atoms with Crippen molar-refractivity contribution in [3.8, 4) is 0 Å². The van der Waals surface area contributed by atoms with Crippen molar-refractivity contribution in [1.29, 1.82) is 0 Å². The number of ether oxygens (including phenoxy) is 2. The summed E-state index contributed by atoms with van der Waals surface area (Å²) in [5.41, 5.74) is -1.58. The van der Waals surface area contributed by atoms with E-state index in [1.165, 1.54) is 0 Å². The number of rotatable bonds is 1. The highest BCUT2D eigenvalue weighted by molar-refractivity contribution is 5.83. The minimum absolute atomic E-state index is 0.180. The molecule has 24 heavy (non-hydrogen) atoms. The molecule has 1 heterocycles. The number of amides is 2. The molecule has 1 rings (SSSR count). The fraction of sp³-hybridized carbons (Fsp3) is 0.812. The maximum absolute atomic E-state index is 12.5. The third-order valence-electron chi connectivity index (χ3n) is 3.30. The van der Waals surface area contributed by atoms with Gasteiger partial charge in [-0.1, -0.05) is 6.92 Å². The molecule has 0 radical (unpaired) electrons. The lowest BCUT2D eigenvalue weighted by Crippen LogP contribution is -2.63. The van der Waals surface area contributed by atoms with Gasteiger partial charge in [-0.05, 0) is 53.9 Å². The van der Waals surface area contributed by atoms with Crippen molar-refractivity contribution >= 4 is 18.2 Å². The van der Waals surface area contributed by atoms with Crippen LogP contribution >= 0.6 is 0 Å². The number of carboxylic acid groups (broad SMARTS) is 1. The molecule has 1 aliphatic heterocycles. The molecule has 2 unspecified atom stereocenters. The Kier molecular flexibility index (Phi) is 5.74. The quantitative estimate of drug-likeness (QED) is 0.785. The highest BCUT2D eigenvalue weighted by atomic mass is 16.6. The highest BCUT2D eigenvalue weighted by Crippen LogP contribution is 2.27. The fourth-order valence-electron chi connectivity index (χ4n) is 2.35. The number of carbonyl (C=O) groups is 3. The van der Waals surface area contributed by atoms with Crippen LogP contribution in [0.25, 0.3) is 0 Å². The maximum Gasteiger partial charge on any atom is 0.430 e. The van der Waals surface area contributed by atoms with Crippen molar-refractivity contribution in [2.75, 3.05) is 6.54 Å². The minimum Gasteiger partial charge on any atom is -0.480 e. The number of aliphatic carboxylic acids is 1. The van der Waals surface area contributed by atoms with Crippen LogP contribution in [0.3, 0.4) is 0 Å². The Hall–Kier alpha value is -1.99. The lowest BCUT2D eigenvalue weighted by Gasteiger charge is -2.44. The van der Waals surface area contributed by atoms with Crippen LogP contribution in [0.15, 0.2) is 0 Å². The normalized spacial score (nSPS) is 22.1. The molecule has 2 atom stereocenters. The van der Waals surface area contributed by atoms with Crippen LogP contribution in [0.4, 0.5) is 9.59 Å². The van der Waals surface area contributed by atoms with Gasteiger partial charge < -0.3 is 14.6 Å².